The lowest BCUT2D eigenvalue weighted by Crippen LogP contribution is -2.52. The molecule has 2 fully saturated rings. The van der Waals surface area contributed by atoms with Gasteiger partial charge in [0.15, 0.2) is 0 Å². The van der Waals surface area contributed by atoms with Gasteiger partial charge in [0.2, 0.25) is 17.7 Å². The second kappa shape index (κ2) is 6.95. The first-order valence-corrected chi connectivity index (χ1v) is 9.94. The lowest BCUT2D eigenvalue weighted by atomic mass is 9.85. The van der Waals surface area contributed by atoms with Crippen molar-refractivity contribution in [2.75, 3.05) is 13.1 Å². The van der Waals surface area contributed by atoms with E-state index >= 15 is 0 Å². The van der Waals surface area contributed by atoms with Gasteiger partial charge in [-0.3, -0.25) is 19.3 Å². The Morgan fingerprint density at radius 2 is 1.59 bits per heavy atom. The van der Waals surface area contributed by atoms with E-state index in [1.54, 1.807) is 4.90 Å². The van der Waals surface area contributed by atoms with Crippen LogP contribution in [0.5, 0.6) is 0 Å². The van der Waals surface area contributed by atoms with Crippen LogP contribution < -0.4 is 0 Å². The number of carbonyl (C=O) groups is 3. The molecule has 1 aliphatic heterocycles. The van der Waals surface area contributed by atoms with Gasteiger partial charge in [0.1, 0.15) is 6.04 Å². The summed E-state index contributed by atoms with van der Waals surface area (Å²) in [5.41, 5.74) is 0.960. The molecule has 3 amide bonds. The number of carbonyl (C=O) groups excluding carboxylic acids is 3. The fraction of sp³-hybridized carbons (Fsp3) is 0.500. The van der Waals surface area contributed by atoms with Crippen molar-refractivity contribution < 1.29 is 14.4 Å². The number of imide groups is 1. The first-order chi connectivity index (χ1) is 13.1. The third-order valence-electron chi connectivity index (χ3n) is 6.45. The van der Waals surface area contributed by atoms with Crippen LogP contribution in [0.15, 0.2) is 42.5 Å². The van der Waals surface area contributed by atoms with Crippen LogP contribution in [0.25, 0.3) is 0 Å². The van der Waals surface area contributed by atoms with Crippen molar-refractivity contribution >= 4 is 17.7 Å². The van der Waals surface area contributed by atoms with Crippen molar-refractivity contribution in [2.24, 2.45) is 23.7 Å². The normalized spacial score (nSPS) is 29.3. The first-order valence-electron chi connectivity index (χ1n) is 9.94. The molecule has 4 rings (SSSR count). The van der Waals surface area contributed by atoms with Gasteiger partial charge in [0, 0.05) is 19.5 Å². The lowest BCUT2D eigenvalue weighted by molar-refractivity contribution is -0.152. The molecule has 1 saturated heterocycles. The van der Waals surface area contributed by atoms with Crippen molar-refractivity contribution in [3.8, 4) is 0 Å². The highest BCUT2D eigenvalue weighted by Crippen LogP contribution is 2.53. The minimum absolute atomic E-state index is 0.133. The van der Waals surface area contributed by atoms with Gasteiger partial charge in [-0.2, -0.15) is 0 Å². The highest BCUT2D eigenvalue weighted by Gasteiger charge is 2.61. The summed E-state index contributed by atoms with van der Waals surface area (Å²) in [7, 11) is 0. The van der Waals surface area contributed by atoms with Gasteiger partial charge in [0.05, 0.1) is 11.8 Å². The van der Waals surface area contributed by atoms with E-state index in [4.69, 9.17) is 0 Å². The predicted octanol–water partition coefficient (Wildman–Crippen LogP) is 2.27. The summed E-state index contributed by atoms with van der Waals surface area (Å²) < 4.78 is 0. The number of likely N-dealkylation sites (N-methyl/N-ethyl adjacent to an activating group) is 1. The number of fused-ring (bicyclic) bond motifs is 5. The number of benzene rings is 1. The van der Waals surface area contributed by atoms with E-state index in [-0.39, 0.29) is 41.4 Å². The molecule has 3 aliphatic rings. The highest BCUT2D eigenvalue weighted by molar-refractivity contribution is 6.09. The minimum atomic E-state index is -0.753. The maximum Gasteiger partial charge on any atom is 0.246 e. The Balaban J connectivity index is 1.67. The Morgan fingerprint density at radius 1 is 1.04 bits per heavy atom. The SMILES string of the molecule is CCN(CC)C(=O)[C@H](Cc1ccccc1)N1C(=O)[C@@H]2[C@H](C1=O)[C@H]1C=C[C@H]2C1. The number of nitrogens with zero attached hydrogens (tertiary/aromatic N) is 2. The van der Waals surface area contributed by atoms with E-state index in [2.05, 4.69) is 12.2 Å². The van der Waals surface area contributed by atoms with Gasteiger partial charge in [0.25, 0.3) is 0 Å². The molecule has 1 aromatic carbocycles. The zero-order valence-electron chi connectivity index (χ0n) is 15.9. The number of allylic oxidation sites excluding steroid dienone is 2. The van der Waals surface area contributed by atoms with Crippen LogP contribution in [0.3, 0.4) is 0 Å². The zero-order valence-corrected chi connectivity index (χ0v) is 15.9. The smallest absolute Gasteiger partial charge is 0.246 e. The van der Waals surface area contributed by atoms with Crippen LogP contribution in [0.2, 0.25) is 0 Å². The van der Waals surface area contributed by atoms with Crippen molar-refractivity contribution in [3.05, 3.63) is 48.0 Å². The number of hydrogen-bond donors (Lipinski definition) is 0. The summed E-state index contributed by atoms with van der Waals surface area (Å²) in [5.74, 6) is -0.660. The molecule has 5 heteroatoms. The van der Waals surface area contributed by atoms with E-state index in [0.717, 1.165) is 12.0 Å². The Kier molecular flexibility index (Phi) is 4.62. The molecule has 0 unspecified atom stereocenters. The third-order valence-corrected chi connectivity index (χ3v) is 6.45. The van der Waals surface area contributed by atoms with Crippen LogP contribution in [0.4, 0.5) is 0 Å². The van der Waals surface area contributed by atoms with Crippen molar-refractivity contribution in [3.63, 3.8) is 0 Å². The van der Waals surface area contributed by atoms with Crippen molar-refractivity contribution in [2.45, 2.75) is 32.7 Å². The molecule has 5 atom stereocenters. The molecular weight excluding hydrogens is 340 g/mol. The molecule has 1 heterocycles. The van der Waals surface area contributed by atoms with Crippen LogP contribution in [-0.2, 0) is 20.8 Å². The highest BCUT2D eigenvalue weighted by atomic mass is 16.2. The largest absolute Gasteiger partial charge is 0.341 e. The van der Waals surface area contributed by atoms with Crippen molar-refractivity contribution in [1.82, 2.24) is 9.80 Å². The predicted molar refractivity (Wildman–Crippen MR) is 101 cm³/mol. The molecule has 1 aromatic rings. The summed E-state index contributed by atoms with van der Waals surface area (Å²) in [4.78, 5) is 42.7. The number of hydrogen-bond acceptors (Lipinski definition) is 3. The molecule has 27 heavy (non-hydrogen) atoms. The number of amides is 3. The average Bonchev–Trinajstić information content (AvgIpc) is 3.36. The molecule has 0 spiro atoms. The standard InChI is InChI=1S/C22H26N2O3/c1-3-23(4-2)20(25)17(12-14-8-6-5-7-9-14)24-21(26)18-15-10-11-16(13-15)19(18)22(24)27/h5-11,15-19H,3-4,12-13H2,1-2H3/t15-,16-,17-,18-,19+/m0/s1. The summed E-state index contributed by atoms with van der Waals surface area (Å²) in [6.45, 7) is 4.98. The molecule has 5 nitrogen and oxygen atoms in total. The summed E-state index contributed by atoms with van der Waals surface area (Å²) in [6, 6.07) is 8.89. The maximum atomic E-state index is 13.3. The molecule has 0 N–H and O–H groups in total. The van der Waals surface area contributed by atoms with E-state index in [9.17, 15) is 14.4 Å². The average molecular weight is 366 g/mol. The van der Waals surface area contributed by atoms with Gasteiger partial charge >= 0.3 is 0 Å². The lowest BCUT2D eigenvalue weighted by Gasteiger charge is -2.31. The molecule has 2 aliphatic carbocycles. The quantitative estimate of drug-likeness (QED) is 0.573. The number of rotatable bonds is 6. The third kappa shape index (κ3) is 2.80. The van der Waals surface area contributed by atoms with Crippen LogP contribution in [0.1, 0.15) is 25.8 Å². The molecule has 1 saturated carbocycles. The van der Waals surface area contributed by atoms with E-state index in [1.807, 2.05) is 44.2 Å². The van der Waals surface area contributed by atoms with E-state index in [0.29, 0.717) is 19.5 Å². The molecule has 0 aromatic heterocycles. The van der Waals surface area contributed by atoms with Crippen LogP contribution in [-0.4, -0.2) is 46.7 Å². The zero-order chi connectivity index (χ0) is 19.1. The summed E-state index contributed by atoms with van der Waals surface area (Å²) in [6.07, 6.45) is 5.43. The Bertz CT molecular complexity index is 754. The van der Waals surface area contributed by atoms with Gasteiger partial charge in [-0.25, -0.2) is 0 Å². The molecule has 142 valence electrons. The summed E-state index contributed by atoms with van der Waals surface area (Å²) >= 11 is 0. The van der Waals surface area contributed by atoms with Crippen molar-refractivity contribution in [1.29, 1.82) is 0 Å². The topological polar surface area (TPSA) is 57.7 Å². The Labute approximate surface area is 160 Å². The van der Waals surface area contributed by atoms with Gasteiger partial charge in [-0.1, -0.05) is 42.5 Å². The fourth-order valence-corrected chi connectivity index (χ4v) is 5.10. The Hall–Kier alpha value is -2.43. The van der Waals surface area contributed by atoms with Gasteiger partial charge in [-0.15, -0.1) is 0 Å². The monoisotopic (exact) mass is 366 g/mol. The second-order valence-electron chi connectivity index (χ2n) is 7.76. The molecular formula is C22H26N2O3. The Morgan fingerprint density at radius 3 is 2.11 bits per heavy atom. The fourth-order valence-electron chi connectivity index (χ4n) is 5.10. The van der Waals surface area contributed by atoms with Crippen LogP contribution >= 0.6 is 0 Å². The summed E-state index contributed by atoms with van der Waals surface area (Å²) in [5, 5.41) is 0. The van der Waals surface area contributed by atoms with Gasteiger partial charge in [-0.05, 0) is 37.7 Å². The van der Waals surface area contributed by atoms with E-state index in [1.165, 1.54) is 4.90 Å². The number of likely N-dealkylation sites (tertiary alicyclic amines) is 1. The maximum absolute atomic E-state index is 13.3. The van der Waals surface area contributed by atoms with E-state index < -0.39 is 6.04 Å². The molecule has 0 radical (unpaired) electrons. The minimum Gasteiger partial charge on any atom is -0.341 e. The first kappa shape index (κ1) is 18.0. The van der Waals surface area contributed by atoms with Crippen LogP contribution in [0, 0.1) is 23.7 Å². The van der Waals surface area contributed by atoms with Gasteiger partial charge < -0.3 is 4.90 Å². The second-order valence-corrected chi connectivity index (χ2v) is 7.76. The molecule has 2 bridgehead atoms.